The van der Waals surface area contributed by atoms with Crippen LogP contribution >= 0.6 is 0 Å². The van der Waals surface area contributed by atoms with Crippen LogP contribution in [-0.2, 0) is 20.0 Å². The van der Waals surface area contributed by atoms with Gasteiger partial charge in [-0.1, -0.05) is 27.2 Å². The summed E-state index contributed by atoms with van der Waals surface area (Å²) in [6.45, 7) is 7.75. The number of nitrogen functional groups attached to an aromatic ring is 1. The molecule has 1 unspecified atom stereocenters. The van der Waals surface area contributed by atoms with Crippen LogP contribution in [0.5, 0.6) is 0 Å². The van der Waals surface area contributed by atoms with Crippen LogP contribution in [0, 0.1) is 11.3 Å². The van der Waals surface area contributed by atoms with Crippen molar-refractivity contribution in [3.8, 4) is 0 Å². The maximum absolute atomic E-state index is 6.11. The summed E-state index contributed by atoms with van der Waals surface area (Å²) < 4.78 is 4.07. The SMILES string of the molecule is CCCc1nn(C)c2c1nc(N)n2CC1CC1(C)C. The van der Waals surface area contributed by atoms with Crippen LogP contribution in [-0.4, -0.2) is 19.3 Å². The van der Waals surface area contributed by atoms with Gasteiger partial charge in [-0.25, -0.2) is 4.98 Å². The summed E-state index contributed by atoms with van der Waals surface area (Å²) in [4.78, 5) is 4.54. The number of imidazole rings is 1. The van der Waals surface area contributed by atoms with Gasteiger partial charge in [0.1, 0.15) is 5.52 Å². The Balaban J connectivity index is 2.02. The fourth-order valence-electron chi connectivity index (χ4n) is 2.95. The lowest BCUT2D eigenvalue weighted by molar-refractivity contribution is 0.502. The first-order valence-corrected chi connectivity index (χ1v) is 7.11. The van der Waals surface area contributed by atoms with E-state index in [0.717, 1.165) is 36.2 Å². The molecule has 1 aliphatic rings. The van der Waals surface area contributed by atoms with Crippen LogP contribution in [0.15, 0.2) is 0 Å². The van der Waals surface area contributed by atoms with Crippen LogP contribution in [0.4, 0.5) is 5.95 Å². The fourth-order valence-corrected chi connectivity index (χ4v) is 2.95. The molecule has 5 heteroatoms. The van der Waals surface area contributed by atoms with Crippen LogP contribution < -0.4 is 5.73 Å². The molecule has 2 aromatic heterocycles. The van der Waals surface area contributed by atoms with E-state index >= 15 is 0 Å². The highest BCUT2D eigenvalue weighted by Crippen LogP contribution is 2.52. The second-order valence-corrected chi connectivity index (χ2v) is 6.46. The highest BCUT2D eigenvalue weighted by atomic mass is 15.3. The molecule has 19 heavy (non-hydrogen) atoms. The van der Waals surface area contributed by atoms with Gasteiger partial charge in [-0.05, 0) is 24.2 Å². The lowest BCUT2D eigenvalue weighted by Crippen LogP contribution is -2.10. The Bertz CT molecular complexity index is 619. The van der Waals surface area contributed by atoms with Crippen LogP contribution in [0.25, 0.3) is 11.2 Å². The van der Waals surface area contributed by atoms with Crippen LogP contribution in [0.2, 0.25) is 0 Å². The molecule has 1 fully saturated rings. The number of fused-ring (bicyclic) bond motifs is 1. The first kappa shape index (κ1) is 12.5. The monoisotopic (exact) mass is 261 g/mol. The number of aryl methyl sites for hydroxylation is 2. The van der Waals surface area contributed by atoms with E-state index in [-0.39, 0.29) is 0 Å². The van der Waals surface area contributed by atoms with E-state index in [9.17, 15) is 0 Å². The van der Waals surface area contributed by atoms with Crippen molar-refractivity contribution in [2.75, 3.05) is 5.73 Å². The van der Waals surface area contributed by atoms with Gasteiger partial charge in [0.2, 0.25) is 5.95 Å². The van der Waals surface area contributed by atoms with Gasteiger partial charge in [0.15, 0.2) is 5.65 Å². The van der Waals surface area contributed by atoms with Crippen molar-refractivity contribution in [3.05, 3.63) is 5.69 Å². The molecule has 3 rings (SSSR count). The summed E-state index contributed by atoms with van der Waals surface area (Å²) in [6.07, 6.45) is 3.31. The minimum absolute atomic E-state index is 0.452. The van der Waals surface area contributed by atoms with E-state index in [1.807, 2.05) is 11.7 Å². The summed E-state index contributed by atoms with van der Waals surface area (Å²) in [7, 11) is 1.98. The summed E-state index contributed by atoms with van der Waals surface area (Å²) >= 11 is 0. The molecule has 5 nitrogen and oxygen atoms in total. The summed E-state index contributed by atoms with van der Waals surface area (Å²) in [6, 6.07) is 0. The largest absolute Gasteiger partial charge is 0.369 e. The Labute approximate surface area is 113 Å². The number of anilines is 1. The van der Waals surface area contributed by atoms with Crippen molar-refractivity contribution >= 4 is 17.1 Å². The second-order valence-electron chi connectivity index (χ2n) is 6.46. The fraction of sp³-hybridized carbons (Fsp3) is 0.714. The third-order valence-electron chi connectivity index (χ3n) is 4.43. The van der Waals surface area contributed by atoms with Crippen molar-refractivity contribution in [1.29, 1.82) is 0 Å². The Kier molecular flexibility index (Phi) is 2.62. The van der Waals surface area contributed by atoms with Crippen molar-refractivity contribution in [3.63, 3.8) is 0 Å². The minimum Gasteiger partial charge on any atom is -0.369 e. The molecule has 1 aliphatic carbocycles. The molecule has 2 N–H and O–H groups in total. The standard InChI is InChI=1S/C14H23N5/c1-5-6-10-11-12(18(4)17-10)19(13(15)16-11)8-9-7-14(9,2)3/h9H,5-8H2,1-4H3,(H2,15,16). The molecule has 0 aliphatic heterocycles. The maximum Gasteiger partial charge on any atom is 0.202 e. The molecule has 1 atom stereocenters. The molecule has 0 radical (unpaired) electrons. The Hall–Kier alpha value is -1.52. The van der Waals surface area contributed by atoms with Crippen LogP contribution in [0.1, 0.15) is 39.3 Å². The number of hydrogen-bond acceptors (Lipinski definition) is 3. The van der Waals surface area contributed by atoms with E-state index in [2.05, 4.69) is 35.4 Å². The molecule has 0 saturated heterocycles. The predicted molar refractivity (Wildman–Crippen MR) is 76.8 cm³/mol. The Morgan fingerprint density at radius 2 is 2.11 bits per heavy atom. The summed E-state index contributed by atoms with van der Waals surface area (Å²) in [5.41, 5.74) is 9.69. The van der Waals surface area contributed by atoms with Crippen molar-refractivity contribution in [1.82, 2.24) is 19.3 Å². The van der Waals surface area contributed by atoms with Gasteiger partial charge in [0, 0.05) is 13.6 Å². The van der Waals surface area contributed by atoms with Crippen molar-refractivity contribution < 1.29 is 0 Å². The zero-order chi connectivity index (χ0) is 13.8. The molecule has 2 heterocycles. The van der Waals surface area contributed by atoms with Gasteiger partial charge in [0.25, 0.3) is 0 Å². The Morgan fingerprint density at radius 1 is 1.42 bits per heavy atom. The Morgan fingerprint density at radius 3 is 2.68 bits per heavy atom. The van der Waals surface area contributed by atoms with Gasteiger partial charge in [0.05, 0.1) is 5.69 Å². The predicted octanol–water partition coefficient (Wildman–Crippen LogP) is 2.35. The number of aromatic nitrogens is 4. The molecular weight excluding hydrogens is 238 g/mol. The van der Waals surface area contributed by atoms with E-state index in [1.54, 1.807) is 0 Å². The highest BCUT2D eigenvalue weighted by molar-refractivity contribution is 5.77. The van der Waals surface area contributed by atoms with Crippen molar-refractivity contribution in [2.24, 2.45) is 18.4 Å². The maximum atomic E-state index is 6.11. The average molecular weight is 261 g/mol. The molecule has 0 spiro atoms. The molecule has 1 saturated carbocycles. The normalized spacial score (nSPS) is 21.2. The van der Waals surface area contributed by atoms with Gasteiger partial charge in [-0.2, -0.15) is 5.10 Å². The summed E-state index contributed by atoms with van der Waals surface area (Å²) in [5.74, 6) is 1.33. The number of rotatable bonds is 4. The topological polar surface area (TPSA) is 61.7 Å². The molecule has 0 amide bonds. The van der Waals surface area contributed by atoms with Gasteiger partial charge in [-0.15, -0.1) is 0 Å². The molecular formula is C14H23N5. The molecule has 0 aromatic carbocycles. The van der Waals surface area contributed by atoms with Crippen LogP contribution in [0.3, 0.4) is 0 Å². The van der Waals surface area contributed by atoms with E-state index in [0.29, 0.717) is 17.3 Å². The number of nitrogens with two attached hydrogens (primary N) is 1. The number of hydrogen-bond donors (Lipinski definition) is 1. The van der Waals surface area contributed by atoms with Crippen molar-refractivity contribution in [2.45, 2.75) is 46.6 Å². The third-order valence-corrected chi connectivity index (χ3v) is 4.43. The average Bonchev–Trinajstić information content (AvgIpc) is 2.65. The van der Waals surface area contributed by atoms with Gasteiger partial charge >= 0.3 is 0 Å². The second kappa shape index (κ2) is 3.99. The number of nitrogens with zero attached hydrogens (tertiary/aromatic N) is 4. The summed E-state index contributed by atoms with van der Waals surface area (Å²) in [5, 5.41) is 4.58. The lowest BCUT2D eigenvalue weighted by atomic mass is 10.1. The smallest absolute Gasteiger partial charge is 0.202 e. The minimum atomic E-state index is 0.452. The first-order chi connectivity index (χ1) is 8.94. The quantitative estimate of drug-likeness (QED) is 0.919. The first-order valence-electron chi connectivity index (χ1n) is 7.11. The third kappa shape index (κ3) is 1.91. The van der Waals surface area contributed by atoms with E-state index in [4.69, 9.17) is 5.73 Å². The van der Waals surface area contributed by atoms with E-state index < -0.39 is 0 Å². The highest BCUT2D eigenvalue weighted by Gasteiger charge is 2.46. The van der Waals surface area contributed by atoms with Gasteiger partial charge in [-0.3, -0.25) is 9.25 Å². The zero-order valence-electron chi connectivity index (χ0n) is 12.3. The molecule has 2 aromatic rings. The van der Waals surface area contributed by atoms with E-state index in [1.165, 1.54) is 6.42 Å². The molecule has 0 bridgehead atoms. The lowest BCUT2D eigenvalue weighted by Gasteiger charge is -2.08. The molecule has 104 valence electrons. The zero-order valence-corrected chi connectivity index (χ0v) is 12.3. The van der Waals surface area contributed by atoms with Gasteiger partial charge < -0.3 is 5.73 Å².